The van der Waals surface area contributed by atoms with Crippen LogP contribution in [-0.4, -0.2) is 21.2 Å². The Hall–Kier alpha value is -3.13. The van der Waals surface area contributed by atoms with Crippen molar-refractivity contribution < 1.29 is 14.3 Å². The van der Waals surface area contributed by atoms with Crippen LogP contribution in [0.1, 0.15) is 0 Å². The summed E-state index contributed by atoms with van der Waals surface area (Å²) < 4.78 is 6.45. The summed E-state index contributed by atoms with van der Waals surface area (Å²) in [6.07, 6.45) is -1.14. The SMILES string of the molecule is O=C(O)Nc1ccc(-c2nc3c(oc4ccc(Br)cc43)c(=O)[nH]2)cc1. The highest BCUT2D eigenvalue weighted by Crippen LogP contribution is 2.29. The van der Waals surface area contributed by atoms with E-state index in [1.54, 1.807) is 30.3 Å². The molecular weight excluding hydrogens is 390 g/mol. The number of benzene rings is 2. The van der Waals surface area contributed by atoms with Crippen molar-refractivity contribution in [3.63, 3.8) is 0 Å². The topological polar surface area (TPSA) is 108 Å². The first-order valence-corrected chi connectivity index (χ1v) is 8.03. The van der Waals surface area contributed by atoms with Crippen molar-refractivity contribution in [2.75, 3.05) is 5.32 Å². The van der Waals surface area contributed by atoms with E-state index in [2.05, 4.69) is 31.2 Å². The van der Waals surface area contributed by atoms with E-state index in [4.69, 9.17) is 9.52 Å². The van der Waals surface area contributed by atoms with E-state index < -0.39 is 6.09 Å². The number of nitrogens with one attached hydrogen (secondary N) is 2. The van der Waals surface area contributed by atoms with Crippen LogP contribution < -0.4 is 10.9 Å². The molecule has 4 rings (SSSR count). The van der Waals surface area contributed by atoms with E-state index in [0.717, 1.165) is 9.86 Å². The van der Waals surface area contributed by atoms with Gasteiger partial charge in [0.2, 0.25) is 5.58 Å². The molecule has 0 fully saturated rings. The molecule has 2 heterocycles. The van der Waals surface area contributed by atoms with Crippen LogP contribution in [0.3, 0.4) is 0 Å². The van der Waals surface area contributed by atoms with Crippen LogP contribution in [0.5, 0.6) is 0 Å². The first-order chi connectivity index (χ1) is 12.0. The number of carboxylic acid groups (broad SMARTS) is 1. The Balaban J connectivity index is 1.87. The zero-order valence-electron chi connectivity index (χ0n) is 12.5. The molecule has 0 radical (unpaired) electrons. The van der Waals surface area contributed by atoms with Gasteiger partial charge in [-0.05, 0) is 42.5 Å². The number of fused-ring (bicyclic) bond motifs is 3. The van der Waals surface area contributed by atoms with Crippen molar-refractivity contribution in [1.29, 1.82) is 0 Å². The van der Waals surface area contributed by atoms with Gasteiger partial charge < -0.3 is 14.5 Å². The van der Waals surface area contributed by atoms with Gasteiger partial charge >= 0.3 is 6.09 Å². The Morgan fingerprint density at radius 1 is 1.20 bits per heavy atom. The van der Waals surface area contributed by atoms with E-state index in [1.807, 2.05) is 12.1 Å². The summed E-state index contributed by atoms with van der Waals surface area (Å²) in [5, 5.41) is 11.7. The van der Waals surface area contributed by atoms with Crippen LogP contribution in [0.15, 0.2) is 56.1 Å². The molecule has 2 aromatic carbocycles. The van der Waals surface area contributed by atoms with Gasteiger partial charge in [-0.25, -0.2) is 9.78 Å². The Kier molecular flexibility index (Phi) is 3.54. The number of nitrogens with zero attached hydrogens (tertiary/aromatic N) is 1. The highest BCUT2D eigenvalue weighted by Gasteiger charge is 2.14. The number of anilines is 1. The van der Waals surface area contributed by atoms with Gasteiger partial charge in [-0.15, -0.1) is 0 Å². The fourth-order valence-corrected chi connectivity index (χ4v) is 2.96. The lowest BCUT2D eigenvalue weighted by atomic mass is 10.2. The number of aromatic amines is 1. The molecule has 0 saturated heterocycles. The third-order valence-electron chi connectivity index (χ3n) is 3.70. The van der Waals surface area contributed by atoms with Crippen LogP contribution in [0, 0.1) is 0 Å². The smallest absolute Gasteiger partial charge is 0.409 e. The highest BCUT2D eigenvalue weighted by molar-refractivity contribution is 9.10. The number of furan rings is 1. The van der Waals surface area contributed by atoms with Gasteiger partial charge in [0, 0.05) is 21.1 Å². The molecule has 3 N–H and O–H groups in total. The number of carbonyl (C=O) groups is 1. The summed E-state index contributed by atoms with van der Waals surface area (Å²) in [6.45, 7) is 0. The fraction of sp³-hybridized carbons (Fsp3) is 0. The molecular formula is C17H10BrN3O4. The maximum absolute atomic E-state index is 12.3. The fourth-order valence-electron chi connectivity index (χ4n) is 2.60. The second-order valence-corrected chi connectivity index (χ2v) is 6.26. The molecule has 0 saturated carbocycles. The van der Waals surface area contributed by atoms with E-state index in [1.165, 1.54) is 0 Å². The lowest BCUT2D eigenvalue weighted by Gasteiger charge is -2.03. The quantitative estimate of drug-likeness (QED) is 0.468. The van der Waals surface area contributed by atoms with E-state index in [9.17, 15) is 9.59 Å². The molecule has 0 aliphatic rings. The molecule has 7 nitrogen and oxygen atoms in total. The molecule has 0 aliphatic heterocycles. The third-order valence-corrected chi connectivity index (χ3v) is 4.19. The molecule has 0 unspecified atom stereocenters. The van der Waals surface area contributed by atoms with Crippen LogP contribution in [-0.2, 0) is 0 Å². The van der Waals surface area contributed by atoms with Crippen molar-refractivity contribution >= 4 is 49.8 Å². The maximum Gasteiger partial charge on any atom is 0.409 e. The maximum atomic E-state index is 12.3. The van der Waals surface area contributed by atoms with Crippen molar-refractivity contribution in [3.05, 3.63) is 57.3 Å². The summed E-state index contributed by atoms with van der Waals surface area (Å²) >= 11 is 3.40. The van der Waals surface area contributed by atoms with Crippen molar-refractivity contribution in [1.82, 2.24) is 9.97 Å². The molecule has 1 amide bonds. The Bertz CT molecular complexity index is 1180. The summed E-state index contributed by atoms with van der Waals surface area (Å²) in [5.41, 5.74) is 1.93. The standard InChI is InChI=1S/C17H10BrN3O4/c18-9-3-6-12-11(7-9)13-14(25-12)16(22)21-15(20-13)8-1-4-10(5-2-8)19-17(23)24/h1-7,19H,(H,23,24)(H,20,21,22). The summed E-state index contributed by atoms with van der Waals surface area (Å²) in [4.78, 5) is 30.2. The summed E-state index contributed by atoms with van der Waals surface area (Å²) in [6, 6.07) is 12.0. The zero-order valence-corrected chi connectivity index (χ0v) is 14.1. The first kappa shape index (κ1) is 15.4. The zero-order chi connectivity index (χ0) is 17.6. The Morgan fingerprint density at radius 2 is 1.96 bits per heavy atom. The van der Waals surface area contributed by atoms with Gasteiger partial charge in [-0.2, -0.15) is 0 Å². The normalized spacial score (nSPS) is 11.1. The molecule has 0 bridgehead atoms. The van der Waals surface area contributed by atoms with E-state index in [-0.39, 0.29) is 11.1 Å². The molecule has 124 valence electrons. The summed E-state index contributed by atoms with van der Waals surface area (Å²) in [7, 11) is 0. The predicted molar refractivity (Wildman–Crippen MR) is 96.9 cm³/mol. The number of H-pyrrole nitrogens is 1. The van der Waals surface area contributed by atoms with E-state index in [0.29, 0.717) is 28.2 Å². The van der Waals surface area contributed by atoms with Gasteiger partial charge in [0.05, 0.1) is 0 Å². The van der Waals surface area contributed by atoms with Crippen LogP contribution >= 0.6 is 15.9 Å². The average molecular weight is 400 g/mol. The summed E-state index contributed by atoms with van der Waals surface area (Å²) in [5.74, 6) is 0.377. The van der Waals surface area contributed by atoms with Gasteiger partial charge in [-0.1, -0.05) is 15.9 Å². The molecule has 2 aromatic heterocycles. The molecule has 25 heavy (non-hydrogen) atoms. The Labute approximate surface area is 148 Å². The highest BCUT2D eigenvalue weighted by atomic mass is 79.9. The van der Waals surface area contributed by atoms with Crippen molar-refractivity contribution in [3.8, 4) is 11.4 Å². The Morgan fingerprint density at radius 3 is 2.68 bits per heavy atom. The van der Waals surface area contributed by atoms with Crippen LogP contribution in [0.2, 0.25) is 0 Å². The lowest BCUT2D eigenvalue weighted by molar-refractivity contribution is 0.210. The number of hydrogen-bond acceptors (Lipinski definition) is 4. The molecule has 0 spiro atoms. The number of rotatable bonds is 2. The average Bonchev–Trinajstić information content (AvgIpc) is 2.94. The lowest BCUT2D eigenvalue weighted by Crippen LogP contribution is -2.09. The van der Waals surface area contributed by atoms with Crippen LogP contribution in [0.4, 0.5) is 10.5 Å². The minimum atomic E-state index is -1.14. The number of aromatic nitrogens is 2. The first-order valence-electron chi connectivity index (χ1n) is 7.24. The van der Waals surface area contributed by atoms with Gasteiger partial charge in [-0.3, -0.25) is 10.1 Å². The number of hydrogen-bond donors (Lipinski definition) is 3. The minimum Gasteiger partial charge on any atom is -0.465 e. The monoisotopic (exact) mass is 399 g/mol. The minimum absolute atomic E-state index is 0.168. The molecule has 8 heteroatoms. The molecule has 0 aliphatic carbocycles. The van der Waals surface area contributed by atoms with Crippen LogP contribution in [0.25, 0.3) is 33.5 Å². The van der Waals surface area contributed by atoms with E-state index >= 15 is 0 Å². The van der Waals surface area contributed by atoms with Gasteiger partial charge in [0.25, 0.3) is 5.56 Å². The second kappa shape index (κ2) is 5.75. The largest absolute Gasteiger partial charge is 0.465 e. The number of halogens is 1. The van der Waals surface area contributed by atoms with Crippen molar-refractivity contribution in [2.24, 2.45) is 0 Å². The molecule has 4 aromatic rings. The second-order valence-electron chi connectivity index (χ2n) is 5.34. The third kappa shape index (κ3) is 2.76. The van der Waals surface area contributed by atoms with Gasteiger partial charge in [0.15, 0.2) is 0 Å². The predicted octanol–water partition coefficient (Wildman–Crippen LogP) is 4.19. The number of amides is 1. The molecule has 0 atom stereocenters. The van der Waals surface area contributed by atoms with Crippen molar-refractivity contribution in [2.45, 2.75) is 0 Å². The van der Waals surface area contributed by atoms with Gasteiger partial charge in [0.1, 0.15) is 16.9 Å².